The largest absolute Gasteiger partial charge is 0.469 e. The molecule has 0 radical (unpaired) electrons. The van der Waals surface area contributed by atoms with Crippen molar-refractivity contribution >= 4 is 11.9 Å². The van der Waals surface area contributed by atoms with E-state index in [1.54, 1.807) is 17.1 Å². The van der Waals surface area contributed by atoms with E-state index in [-0.39, 0.29) is 18.3 Å². The van der Waals surface area contributed by atoms with Crippen LogP contribution in [-0.4, -0.2) is 37.0 Å². The van der Waals surface area contributed by atoms with Crippen LogP contribution in [0.15, 0.2) is 24.3 Å². The second-order valence-electron chi connectivity index (χ2n) is 3.62. The molecule has 0 aliphatic carbocycles. The van der Waals surface area contributed by atoms with E-state index in [0.717, 1.165) is 5.57 Å². The third-order valence-corrected chi connectivity index (χ3v) is 1.89. The van der Waals surface area contributed by atoms with Crippen LogP contribution in [0.4, 0.5) is 0 Å². The molecule has 16 heavy (non-hydrogen) atoms. The predicted molar refractivity (Wildman–Crippen MR) is 62.8 cm³/mol. The Morgan fingerprint density at radius 2 is 2.00 bits per heavy atom. The van der Waals surface area contributed by atoms with E-state index in [0.29, 0.717) is 13.1 Å². The summed E-state index contributed by atoms with van der Waals surface area (Å²) in [5.74, 6) is -0.428. The first-order valence-electron chi connectivity index (χ1n) is 5.12. The Labute approximate surface area is 96.6 Å². The predicted octanol–water partition coefficient (Wildman–Crippen LogP) is 1.53. The van der Waals surface area contributed by atoms with Gasteiger partial charge in [-0.15, -0.1) is 6.58 Å². The van der Waals surface area contributed by atoms with Gasteiger partial charge < -0.3 is 9.64 Å². The summed E-state index contributed by atoms with van der Waals surface area (Å²) in [6, 6.07) is 0. The number of ether oxygens (including phenoxy) is 1. The summed E-state index contributed by atoms with van der Waals surface area (Å²) in [5, 5.41) is 0. The Hall–Kier alpha value is -1.58. The lowest BCUT2D eigenvalue weighted by atomic mass is 10.3. The first kappa shape index (κ1) is 14.4. The molecule has 0 unspecified atom stereocenters. The highest BCUT2D eigenvalue weighted by Gasteiger charge is 2.11. The zero-order valence-electron chi connectivity index (χ0n) is 10.2. The molecule has 0 rings (SSSR count). The van der Waals surface area contributed by atoms with Crippen LogP contribution < -0.4 is 0 Å². The molecule has 0 aromatic rings. The van der Waals surface area contributed by atoms with Crippen LogP contribution in [-0.2, 0) is 14.3 Å². The van der Waals surface area contributed by atoms with E-state index >= 15 is 0 Å². The van der Waals surface area contributed by atoms with Crippen LogP contribution in [0, 0.1) is 0 Å². The molecule has 0 aromatic carbocycles. The molecule has 90 valence electrons. The Morgan fingerprint density at radius 1 is 1.38 bits per heavy atom. The third kappa shape index (κ3) is 6.01. The molecule has 4 heteroatoms. The second kappa shape index (κ2) is 7.68. The monoisotopic (exact) mass is 225 g/mol. The maximum absolute atomic E-state index is 11.7. The van der Waals surface area contributed by atoms with Crippen LogP contribution in [0.3, 0.4) is 0 Å². The minimum Gasteiger partial charge on any atom is -0.469 e. The zero-order valence-corrected chi connectivity index (χ0v) is 10.2. The van der Waals surface area contributed by atoms with Gasteiger partial charge in [-0.1, -0.05) is 11.6 Å². The van der Waals surface area contributed by atoms with Gasteiger partial charge in [-0.3, -0.25) is 9.59 Å². The van der Waals surface area contributed by atoms with Crippen molar-refractivity contribution in [2.75, 3.05) is 20.2 Å². The van der Waals surface area contributed by atoms with Crippen molar-refractivity contribution in [3.63, 3.8) is 0 Å². The number of allylic oxidation sites excluding steroid dienone is 1. The summed E-state index contributed by atoms with van der Waals surface area (Å²) < 4.78 is 4.52. The number of hydrogen-bond acceptors (Lipinski definition) is 3. The molecule has 0 heterocycles. The number of esters is 1. The molecule has 0 bridgehead atoms. The summed E-state index contributed by atoms with van der Waals surface area (Å²) in [5.41, 5.74) is 0.928. The van der Waals surface area contributed by atoms with Crippen LogP contribution in [0.2, 0.25) is 0 Å². The fourth-order valence-corrected chi connectivity index (χ4v) is 1.11. The van der Waals surface area contributed by atoms with Gasteiger partial charge >= 0.3 is 5.97 Å². The lowest BCUT2D eigenvalue weighted by molar-refractivity contribution is -0.141. The molecule has 0 saturated carbocycles. The molecular weight excluding hydrogens is 206 g/mol. The number of hydrogen-bond donors (Lipinski definition) is 0. The van der Waals surface area contributed by atoms with E-state index in [9.17, 15) is 9.59 Å². The molecule has 1 amide bonds. The summed E-state index contributed by atoms with van der Waals surface area (Å²) in [7, 11) is 1.33. The number of rotatable bonds is 6. The van der Waals surface area contributed by atoms with Crippen molar-refractivity contribution < 1.29 is 14.3 Å². The Morgan fingerprint density at radius 3 is 2.44 bits per heavy atom. The zero-order chi connectivity index (χ0) is 12.6. The normalized spacial score (nSPS) is 9.19. The molecule has 0 spiro atoms. The summed E-state index contributed by atoms with van der Waals surface area (Å²) in [6.45, 7) is 8.06. The van der Waals surface area contributed by atoms with Gasteiger partial charge in [0.15, 0.2) is 0 Å². The molecule has 0 aliphatic rings. The van der Waals surface area contributed by atoms with Crippen LogP contribution in [0.5, 0.6) is 0 Å². The van der Waals surface area contributed by atoms with E-state index in [2.05, 4.69) is 11.3 Å². The number of amides is 1. The summed E-state index contributed by atoms with van der Waals surface area (Å²) in [4.78, 5) is 24.2. The third-order valence-electron chi connectivity index (χ3n) is 1.89. The second-order valence-corrected chi connectivity index (χ2v) is 3.62. The Balaban J connectivity index is 4.37. The fourth-order valence-electron chi connectivity index (χ4n) is 1.11. The summed E-state index contributed by atoms with van der Waals surface area (Å²) >= 11 is 0. The van der Waals surface area contributed by atoms with Gasteiger partial charge in [0.25, 0.3) is 0 Å². The Kier molecular flexibility index (Phi) is 6.92. The minimum absolute atomic E-state index is 0.108. The van der Waals surface area contributed by atoms with Gasteiger partial charge in [0.1, 0.15) is 0 Å². The topological polar surface area (TPSA) is 46.6 Å². The van der Waals surface area contributed by atoms with E-state index in [1.807, 2.05) is 13.8 Å². The smallest absolute Gasteiger partial charge is 0.307 e. The summed E-state index contributed by atoms with van der Waals surface area (Å²) in [6.07, 6.45) is 3.38. The fraction of sp³-hybridized carbons (Fsp3) is 0.500. The number of carbonyl (C=O) groups is 2. The lowest BCUT2D eigenvalue weighted by Crippen LogP contribution is -2.32. The molecule has 0 atom stereocenters. The van der Waals surface area contributed by atoms with Crippen LogP contribution in [0.25, 0.3) is 0 Å². The number of carbonyl (C=O) groups excluding carboxylic acids is 2. The number of methoxy groups -OCH3 is 1. The molecule has 0 saturated heterocycles. The van der Waals surface area contributed by atoms with Gasteiger partial charge in [-0.05, 0) is 13.8 Å². The van der Waals surface area contributed by atoms with Gasteiger partial charge in [-0.2, -0.15) is 0 Å². The average molecular weight is 225 g/mol. The molecule has 0 fully saturated rings. The van der Waals surface area contributed by atoms with Crippen LogP contribution >= 0.6 is 0 Å². The van der Waals surface area contributed by atoms with Gasteiger partial charge in [0.05, 0.1) is 13.5 Å². The minimum atomic E-state index is -0.320. The van der Waals surface area contributed by atoms with E-state index in [1.165, 1.54) is 7.11 Å². The molecule has 4 nitrogen and oxygen atoms in total. The maximum Gasteiger partial charge on any atom is 0.307 e. The molecule has 0 aliphatic heterocycles. The molecule has 0 aromatic heterocycles. The lowest BCUT2D eigenvalue weighted by Gasteiger charge is -2.18. The van der Waals surface area contributed by atoms with E-state index < -0.39 is 0 Å². The van der Waals surface area contributed by atoms with Crippen molar-refractivity contribution in [3.05, 3.63) is 24.3 Å². The first-order valence-corrected chi connectivity index (χ1v) is 5.12. The van der Waals surface area contributed by atoms with E-state index in [4.69, 9.17) is 0 Å². The van der Waals surface area contributed by atoms with Crippen molar-refractivity contribution in [3.8, 4) is 0 Å². The highest BCUT2D eigenvalue weighted by atomic mass is 16.5. The van der Waals surface area contributed by atoms with Crippen molar-refractivity contribution in [2.45, 2.75) is 20.3 Å². The first-order chi connectivity index (χ1) is 7.51. The van der Waals surface area contributed by atoms with Crippen LogP contribution in [0.1, 0.15) is 20.3 Å². The molecule has 0 N–H and O–H groups in total. The van der Waals surface area contributed by atoms with Crippen molar-refractivity contribution in [2.24, 2.45) is 0 Å². The Bertz CT molecular complexity index is 291. The highest BCUT2D eigenvalue weighted by molar-refractivity contribution is 5.88. The maximum atomic E-state index is 11.7. The quantitative estimate of drug-likeness (QED) is 0.391. The van der Waals surface area contributed by atoms with Gasteiger partial charge in [0.2, 0.25) is 5.91 Å². The van der Waals surface area contributed by atoms with Gasteiger partial charge in [0, 0.05) is 19.2 Å². The number of nitrogens with zero attached hydrogens (tertiary/aromatic N) is 1. The highest BCUT2D eigenvalue weighted by Crippen LogP contribution is 1.99. The van der Waals surface area contributed by atoms with Gasteiger partial charge in [-0.25, -0.2) is 0 Å². The standard InChI is InChI=1S/C12H19NO3/c1-5-7-13(8-6-12(15)16-4)11(14)9-10(2)3/h5,9H,1,6-8H2,2-4H3. The van der Waals surface area contributed by atoms with Crippen molar-refractivity contribution in [1.82, 2.24) is 4.90 Å². The average Bonchev–Trinajstić information content (AvgIpc) is 2.22. The van der Waals surface area contributed by atoms with Crippen molar-refractivity contribution in [1.29, 1.82) is 0 Å². The molecular formula is C12H19NO3. The SMILES string of the molecule is C=CCN(CCC(=O)OC)C(=O)C=C(C)C.